The molecule has 0 aromatic heterocycles. The summed E-state index contributed by atoms with van der Waals surface area (Å²) in [5, 5.41) is 0. The molecule has 0 aliphatic carbocycles. The molecule has 0 N–H and O–H groups in total. The van der Waals surface area contributed by atoms with E-state index < -0.39 is 0 Å². The van der Waals surface area contributed by atoms with Gasteiger partial charge >= 0.3 is 0 Å². The number of aryl methyl sites for hydroxylation is 3. The van der Waals surface area contributed by atoms with E-state index in [1.54, 1.807) is 0 Å². The van der Waals surface area contributed by atoms with E-state index in [0.717, 1.165) is 29.1 Å². The van der Waals surface area contributed by atoms with Crippen molar-refractivity contribution in [1.82, 2.24) is 0 Å². The van der Waals surface area contributed by atoms with Crippen molar-refractivity contribution in [3.63, 3.8) is 0 Å². The van der Waals surface area contributed by atoms with Gasteiger partial charge in [-0.05, 0) is 129 Å². The Labute approximate surface area is 271 Å². The number of hydrogen-bond donors (Lipinski definition) is 0. The van der Waals surface area contributed by atoms with Gasteiger partial charge in [0.05, 0.1) is 5.69 Å². The minimum absolute atomic E-state index is 0.0175. The first-order valence-electron chi connectivity index (χ1n) is 16.3. The predicted octanol–water partition coefficient (Wildman–Crippen LogP) is 8.52. The number of nitrogens with zero attached hydrogens (tertiary/aromatic N) is 3. The molecule has 0 fully saturated rings. The molecule has 3 aliphatic rings. The van der Waals surface area contributed by atoms with Crippen molar-refractivity contribution in [3.8, 4) is 5.75 Å². The van der Waals surface area contributed by atoms with Crippen LogP contribution in [0.4, 0.5) is 17.1 Å². The van der Waals surface area contributed by atoms with Gasteiger partial charge in [-0.25, -0.2) is 0 Å². The zero-order valence-corrected chi connectivity index (χ0v) is 29.2. The fraction of sp³-hybridized carbons (Fsp3) is 0.487. The number of ether oxygens (including phenoxy) is 1. The summed E-state index contributed by atoms with van der Waals surface area (Å²) in [6.07, 6.45) is 4.03. The number of benzene rings is 3. The molecular formula is C39H53N3O3. The number of hydrogen-bond acceptors (Lipinski definition) is 4. The van der Waals surface area contributed by atoms with Gasteiger partial charge in [0.1, 0.15) is 5.75 Å². The molecule has 6 rings (SSSR count). The number of carbonyl (C=O) groups excluding carboxylic acids is 2. The maximum Gasteiger partial charge on any atom is 0.265 e. The van der Waals surface area contributed by atoms with Gasteiger partial charge in [0, 0.05) is 41.0 Å². The topological polar surface area (TPSA) is 53.1 Å². The summed E-state index contributed by atoms with van der Waals surface area (Å²) in [6.45, 7) is 22.5. The average Bonchev–Trinajstić information content (AvgIpc) is 2.95. The van der Waals surface area contributed by atoms with Crippen LogP contribution >= 0.6 is 0 Å². The molecule has 0 bridgehead atoms. The molecule has 242 valence electrons. The normalized spacial score (nSPS) is 16.3. The molecular weight excluding hydrogens is 558 g/mol. The van der Waals surface area contributed by atoms with E-state index in [9.17, 15) is 9.59 Å². The van der Waals surface area contributed by atoms with Crippen LogP contribution in [0.5, 0.6) is 5.75 Å². The molecule has 3 heterocycles. The first kappa shape index (κ1) is 34.1. The zero-order valence-electron chi connectivity index (χ0n) is 29.2. The van der Waals surface area contributed by atoms with E-state index in [1.807, 2.05) is 73.9 Å². The van der Waals surface area contributed by atoms with Gasteiger partial charge < -0.3 is 19.4 Å². The van der Waals surface area contributed by atoms with E-state index in [1.165, 1.54) is 36.2 Å². The van der Waals surface area contributed by atoms with Gasteiger partial charge in [-0.2, -0.15) is 0 Å². The van der Waals surface area contributed by atoms with Gasteiger partial charge in [0.25, 0.3) is 5.91 Å². The van der Waals surface area contributed by atoms with Gasteiger partial charge in [-0.15, -0.1) is 0 Å². The lowest BCUT2D eigenvalue weighted by Gasteiger charge is -2.41. The van der Waals surface area contributed by atoms with Gasteiger partial charge in [0.2, 0.25) is 5.91 Å². The first-order valence-corrected chi connectivity index (χ1v) is 16.3. The third-order valence-electron chi connectivity index (χ3n) is 8.31. The minimum atomic E-state index is -0.217. The van der Waals surface area contributed by atoms with Crippen molar-refractivity contribution in [1.29, 1.82) is 0 Å². The molecule has 2 amide bonds. The second-order valence-electron chi connectivity index (χ2n) is 15.2. The molecule has 3 aromatic rings. The van der Waals surface area contributed by atoms with Gasteiger partial charge in [-0.1, -0.05) is 42.5 Å². The fourth-order valence-corrected chi connectivity index (χ4v) is 6.39. The molecule has 0 atom stereocenters. The third kappa shape index (κ3) is 8.08. The van der Waals surface area contributed by atoms with Crippen molar-refractivity contribution >= 4 is 28.9 Å². The Balaban J connectivity index is 0.000000154. The number of fused-ring (bicyclic) bond motifs is 3. The lowest BCUT2D eigenvalue weighted by atomic mass is 9.95. The highest BCUT2D eigenvalue weighted by Crippen LogP contribution is 2.37. The highest BCUT2D eigenvalue weighted by Gasteiger charge is 2.34. The molecule has 6 nitrogen and oxygen atoms in total. The van der Waals surface area contributed by atoms with Crippen molar-refractivity contribution in [2.24, 2.45) is 0 Å². The van der Waals surface area contributed by atoms with E-state index >= 15 is 0 Å². The molecule has 0 saturated carbocycles. The lowest BCUT2D eigenvalue weighted by Crippen LogP contribution is -2.50. The maximum absolute atomic E-state index is 11.9. The number of rotatable bonds is 0. The van der Waals surface area contributed by atoms with Crippen LogP contribution in [-0.2, 0) is 22.4 Å². The zero-order chi connectivity index (χ0) is 33.2. The summed E-state index contributed by atoms with van der Waals surface area (Å²) in [5.74, 6) is 1.06. The van der Waals surface area contributed by atoms with E-state index in [4.69, 9.17) is 4.74 Å². The smallest absolute Gasteiger partial charge is 0.265 e. The quantitative estimate of drug-likeness (QED) is 0.256. The van der Waals surface area contributed by atoms with Crippen molar-refractivity contribution in [3.05, 3.63) is 83.4 Å². The molecule has 3 aliphatic heterocycles. The molecule has 0 saturated heterocycles. The average molecular weight is 612 g/mol. The molecule has 3 aromatic carbocycles. The standard InChI is InChI=1S/C13H17NO2.C13H17NO.C13H19N/c1-9-5-6-10-11(7-9)16-8-12(15)14(10)13(2,3)4;1-13(2,3)14-11-7-5-4-6-10(11)8-9-12(14)15;1-13(2,3)14-10-6-8-11-7-4-5-9-12(11)14/h5-7H,8H2,1-4H3;4-7H,8-9H2,1-3H3;4-5,7,9H,6,8,10H2,1-3H3. The van der Waals surface area contributed by atoms with Crippen LogP contribution in [0.1, 0.15) is 91.8 Å². The predicted molar refractivity (Wildman–Crippen MR) is 188 cm³/mol. The Morgan fingerprint density at radius 3 is 1.76 bits per heavy atom. The van der Waals surface area contributed by atoms with Crippen molar-refractivity contribution in [2.45, 2.75) is 112 Å². The van der Waals surface area contributed by atoms with Crippen LogP contribution in [0.15, 0.2) is 66.7 Å². The van der Waals surface area contributed by atoms with Gasteiger partial charge in [0.15, 0.2) is 6.61 Å². The molecule has 45 heavy (non-hydrogen) atoms. The highest BCUT2D eigenvalue weighted by atomic mass is 16.5. The Hall–Kier alpha value is -3.80. The van der Waals surface area contributed by atoms with E-state index in [0.29, 0.717) is 6.42 Å². The van der Waals surface area contributed by atoms with Crippen LogP contribution in [0.3, 0.4) is 0 Å². The summed E-state index contributed by atoms with van der Waals surface area (Å²) in [5.41, 5.74) is 7.22. The number of para-hydroxylation sites is 2. The third-order valence-corrected chi connectivity index (χ3v) is 8.31. The van der Waals surface area contributed by atoms with Crippen LogP contribution in [-0.4, -0.2) is 41.6 Å². The van der Waals surface area contributed by atoms with Crippen LogP contribution in [0.2, 0.25) is 0 Å². The minimum Gasteiger partial charge on any atom is -0.482 e. The van der Waals surface area contributed by atoms with E-state index in [-0.39, 0.29) is 35.0 Å². The summed E-state index contributed by atoms with van der Waals surface area (Å²) >= 11 is 0. The summed E-state index contributed by atoms with van der Waals surface area (Å²) < 4.78 is 5.45. The second kappa shape index (κ2) is 13.3. The maximum atomic E-state index is 11.9. The first-order chi connectivity index (χ1) is 21.0. The SMILES string of the molecule is CC(C)(C)N1C(=O)CCc2ccccc21.CC(C)(C)N1CCCc2ccccc21.Cc1ccc2c(c1)OCC(=O)N2C(C)(C)C. The lowest BCUT2D eigenvalue weighted by molar-refractivity contribution is -0.122. The fourth-order valence-electron chi connectivity index (χ4n) is 6.39. The summed E-state index contributed by atoms with van der Waals surface area (Å²) in [7, 11) is 0. The molecule has 0 unspecified atom stereocenters. The Morgan fingerprint density at radius 2 is 1.16 bits per heavy atom. The second-order valence-corrected chi connectivity index (χ2v) is 15.2. The summed E-state index contributed by atoms with van der Waals surface area (Å²) in [6, 6.07) is 22.9. The van der Waals surface area contributed by atoms with Crippen molar-refractivity contribution in [2.75, 3.05) is 27.9 Å². The van der Waals surface area contributed by atoms with E-state index in [2.05, 4.69) is 76.8 Å². The Bertz CT molecular complexity index is 1510. The Kier molecular flexibility index (Phi) is 10.1. The molecule has 0 spiro atoms. The van der Waals surface area contributed by atoms with Crippen molar-refractivity contribution < 1.29 is 14.3 Å². The van der Waals surface area contributed by atoms with Crippen LogP contribution in [0.25, 0.3) is 0 Å². The largest absolute Gasteiger partial charge is 0.482 e. The van der Waals surface area contributed by atoms with Crippen LogP contribution in [0, 0.1) is 6.92 Å². The van der Waals surface area contributed by atoms with Crippen LogP contribution < -0.4 is 19.4 Å². The molecule has 0 radical (unpaired) electrons. The number of anilines is 3. The van der Waals surface area contributed by atoms with Gasteiger partial charge in [-0.3, -0.25) is 9.59 Å². The number of amides is 2. The molecule has 6 heteroatoms. The Morgan fingerprint density at radius 1 is 0.600 bits per heavy atom. The number of carbonyl (C=O) groups is 2. The highest BCUT2D eigenvalue weighted by molar-refractivity contribution is 5.99. The summed E-state index contributed by atoms with van der Waals surface area (Å²) in [4.78, 5) is 30.1. The monoisotopic (exact) mass is 611 g/mol.